The molecule has 3 fully saturated rings. The van der Waals surface area contributed by atoms with Gasteiger partial charge in [-0.25, -0.2) is 13.2 Å². The molecule has 2 aromatic carbocycles. The van der Waals surface area contributed by atoms with Gasteiger partial charge in [-0.05, 0) is 80.1 Å². The van der Waals surface area contributed by atoms with Crippen LogP contribution in [0.3, 0.4) is 0 Å². The Bertz CT molecular complexity index is 1690. The molecule has 45 heavy (non-hydrogen) atoms. The third-order valence-electron chi connectivity index (χ3n) is 8.89. The molecule has 0 saturated carbocycles. The zero-order valence-corrected chi connectivity index (χ0v) is 25.5. The first-order valence-electron chi connectivity index (χ1n) is 15.1. The van der Waals surface area contributed by atoms with Gasteiger partial charge in [-0.1, -0.05) is 18.2 Å². The molecule has 0 unspecified atom stereocenters. The predicted molar refractivity (Wildman–Crippen MR) is 161 cm³/mol. The largest absolute Gasteiger partial charge is 0.408 e. The topological polar surface area (TPSA) is 134 Å². The molecule has 3 aromatic rings. The van der Waals surface area contributed by atoms with Gasteiger partial charge in [0.15, 0.2) is 5.82 Å². The van der Waals surface area contributed by atoms with E-state index in [-0.39, 0.29) is 41.2 Å². The van der Waals surface area contributed by atoms with Crippen LogP contribution in [0.1, 0.15) is 49.1 Å². The molecule has 0 bridgehead atoms. The summed E-state index contributed by atoms with van der Waals surface area (Å²) in [4.78, 5) is 27.8. The fraction of sp³-hybridized carbons (Fsp3) is 0.500. The smallest absolute Gasteiger partial charge is 0.328 e. The maximum Gasteiger partial charge on any atom is 0.408 e. The van der Waals surface area contributed by atoms with E-state index in [2.05, 4.69) is 15.3 Å². The number of halogens is 3. The fourth-order valence-corrected chi connectivity index (χ4v) is 7.98. The van der Waals surface area contributed by atoms with Crippen LogP contribution in [0.25, 0.3) is 10.9 Å². The van der Waals surface area contributed by atoms with Crippen LogP contribution in [0.15, 0.2) is 47.4 Å². The number of carbonyl (C=O) groups excluding carboxylic acids is 2. The number of fused-ring (bicyclic) bond motifs is 1. The summed E-state index contributed by atoms with van der Waals surface area (Å²) in [5.41, 5.74) is 8.02. The number of likely N-dealkylation sites (tertiary alicyclic amines) is 1. The summed E-state index contributed by atoms with van der Waals surface area (Å²) in [6.45, 7) is 1.62. The summed E-state index contributed by atoms with van der Waals surface area (Å²) in [6, 6.07) is 11.7. The van der Waals surface area contributed by atoms with Crippen molar-refractivity contribution in [3.63, 3.8) is 0 Å². The first-order valence-corrected chi connectivity index (χ1v) is 16.6. The molecule has 0 atom stereocenters. The van der Waals surface area contributed by atoms with Crippen molar-refractivity contribution in [2.45, 2.75) is 68.2 Å². The van der Waals surface area contributed by atoms with Gasteiger partial charge in [-0.2, -0.15) is 22.6 Å². The molecule has 3 amide bonds. The average Bonchev–Trinajstić information content (AvgIpc) is 3.33. The first-order chi connectivity index (χ1) is 21.4. The summed E-state index contributed by atoms with van der Waals surface area (Å²) >= 11 is 0. The normalized spacial score (nSPS) is 20.2. The average molecular weight is 648 g/mol. The Hall–Kier alpha value is -3.53. The molecule has 0 aliphatic carbocycles. The highest BCUT2D eigenvalue weighted by atomic mass is 32.2. The SMILES string of the molecule is NC1CCN(S(=O)(=O)c2cccc(CN3CCC(c4ccc5c(N6CCC(=O)NC6=O)nn(CC(F)(F)F)c5c4)CC3)c2)CC1. The number of nitrogens with two attached hydrogens (primary N) is 1. The number of anilines is 1. The lowest BCUT2D eigenvalue weighted by Gasteiger charge is -2.32. The van der Waals surface area contributed by atoms with Gasteiger partial charge in [-0.15, -0.1) is 0 Å². The van der Waals surface area contributed by atoms with Crippen LogP contribution in [0.5, 0.6) is 0 Å². The van der Waals surface area contributed by atoms with E-state index in [9.17, 15) is 31.2 Å². The zero-order chi connectivity index (χ0) is 31.9. The minimum absolute atomic E-state index is 0.0305. The van der Waals surface area contributed by atoms with Crippen molar-refractivity contribution in [2.75, 3.05) is 37.6 Å². The number of carbonyl (C=O) groups is 2. The van der Waals surface area contributed by atoms with E-state index in [1.165, 1.54) is 9.21 Å². The molecule has 6 rings (SSSR count). The lowest BCUT2D eigenvalue weighted by atomic mass is 9.89. The third kappa shape index (κ3) is 6.86. The van der Waals surface area contributed by atoms with Crippen LogP contribution in [0, 0.1) is 0 Å². The van der Waals surface area contributed by atoms with Crippen LogP contribution >= 0.6 is 0 Å². The predicted octanol–water partition coefficient (Wildman–Crippen LogP) is 3.54. The van der Waals surface area contributed by atoms with Gasteiger partial charge in [-0.3, -0.25) is 24.6 Å². The van der Waals surface area contributed by atoms with Crippen LogP contribution in [0.4, 0.5) is 23.8 Å². The summed E-state index contributed by atoms with van der Waals surface area (Å²) in [5.74, 6) is -0.241. The number of aromatic nitrogens is 2. The summed E-state index contributed by atoms with van der Waals surface area (Å²) in [5, 5.41) is 6.77. The van der Waals surface area contributed by atoms with E-state index < -0.39 is 34.7 Å². The van der Waals surface area contributed by atoms with Gasteiger partial charge >= 0.3 is 12.2 Å². The van der Waals surface area contributed by atoms with Crippen molar-refractivity contribution in [1.29, 1.82) is 0 Å². The second-order valence-corrected chi connectivity index (χ2v) is 14.0. The third-order valence-corrected chi connectivity index (χ3v) is 10.8. The number of alkyl halides is 3. The van der Waals surface area contributed by atoms with E-state index in [0.29, 0.717) is 37.9 Å². The second-order valence-electron chi connectivity index (χ2n) is 12.1. The Morgan fingerprint density at radius 2 is 1.69 bits per heavy atom. The van der Waals surface area contributed by atoms with Gasteiger partial charge in [0.05, 0.1) is 10.4 Å². The highest BCUT2D eigenvalue weighted by Crippen LogP contribution is 2.35. The summed E-state index contributed by atoms with van der Waals surface area (Å²) in [6.07, 6.45) is -1.66. The van der Waals surface area contributed by atoms with Crippen molar-refractivity contribution in [1.82, 2.24) is 24.3 Å². The molecule has 15 heteroatoms. The molecule has 0 spiro atoms. The molecule has 11 nitrogen and oxygen atoms in total. The number of hydrogen-bond acceptors (Lipinski definition) is 7. The summed E-state index contributed by atoms with van der Waals surface area (Å²) < 4.78 is 69.3. The van der Waals surface area contributed by atoms with E-state index in [4.69, 9.17) is 5.73 Å². The van der Waals surface area contributed by atoms with Crippen molar-refractivity contribution < 1.29 is 31.2 Å². The number of amides is 3. The lowest BCUT2D eigenvalue weighted by molar-refractivity contribution is -0.141. The number of rotatable bonds is 7. The molecule has 1 aromatic heterocycles. The van der Waals surface area contributed by atoms with E-state index in [0.717, 1.165) is 41.7 Å². The highest BCUT2D eigenvalue weighted by molar-refractivity contribution is 7.89. The molecule has 3 saturated heterocycles. The molecule has 3 N–H and O–H groups in total. The number of piperidine rings is 2. The second kappa shape index (κ2) is 12.3. The van der Waals surface area contributed by atoms with Gasteiger partial charge in [0.2, 0.25) is 15.9 Å². The van der Waals surface area contributed by atoms with Crippen LogP contribution < -0.4 is 16.0 Å². The number of hydrogen-bond donors (Lipinski definition) is 2. The van der Waals surface area contributed by atoms with E-state index >= 15 is 0 Å². The number of nitrogens with zero attached hydrogens (tertiary/aromatic N) is 5. The van der Waals surface area contributed by atoms with Crippen molar-refractivity contribution in [2.24, 2.45) is 5.73 Å². The number of imide groups is 1. The molecular weight excluding hydrogens is 611 g/mol. The van der Waals surface area contributed by atoms with Gasteiger partial charge in [0, 0.05) is 44.0 Å². The fourth-order valence-electron chi connectivity index (χ4n) is 6.44. The minimum Gasteiger partial charge on any atom is -0.328 e. The number of benzene rings is 2. The Morgan fingerprint density at radius 1 is 0.956 bits per heavy atom. The highest BCUT2D eigenvalue weighted by Gasteiger charge is 2.34. The quantitative estimate of drug-likeness (QED) is 0.401. The van der Waals surface area contributed by atoms with Crippen LogP contribution in [-0.4, -0.2) is 84.3 Å². The Morgan fingerprint density at radius 3 is 2.38 bits per heavy atom. The number of nitrogens with one attached hydrogen (secondary N) is 1. The maximum absolute atomic E-state index is 13.5. The molecule has 3 aliphatic heterocycles. The van der Waals surface area contributed by atoms with Crippen molar-refractivity contribution in [3.8, 4) is 0 Å². The van der Waals surface area contributed by atoms with Gasteiger partial charge in [0.1, 0.15) is 6.54 Å². The lowest BCUT2D eigenvalue weighted by Crippen LogP contribution is -2.49. The van der Waals surface area contributed by atoms with Crippen LogP contribution in [-0.2, 0) is 27.9 Å². The van der Waals surface area contributed by atoms with Crippen molar-refractivity contribution >= 4 is 38.7 Å². The molecule has 4 heterocycles. The molecule has 242 valence electrons. The van der Waals surface area contributed by atoms with E-state index in [1.54, 1.807) is 30.3 Å². The number of urea groups is 1. The Kier molecular flexibility index (Phi) is 8.63. The zero-order valence-electron chi connectivity index (χ0n) is 24.7. The van der Waals surface area contributed by atoms with E-state index in [1.807, 2.05) is 12.1 Å². The van der Waals surface area contributed by atoms with Crippen molar-refractivity contribution in [3.05, 3.63) is 53.6 Å². The molecule has 3 aliphatic rings. The molecule has 0 radical (unpaired) electrons. The number of sulfonamides is 1. The summed E-state index contributed by atoms with van der Waals surface area (Å²) in [7, 11) is -3.60. The monoisotopic (exact) mass is 647 g/mol. The minimum atomic E-state index is -4.52. The first kappa shape index (κ1) is 31.5. The Balaban J connectivity index is 1.15. The standard InChI is InChI=1S/C30H36F3N7O4S/c31-30(32,33)19-40-26-17-22(4-5-25(26)28(36-40)39-15-10-27(41)35-29(39)42)21-6-11-37(12-7-21)18-20-2-1-3-24(16-20)45(43,44)38-13-8-23(34)9-14-38/h1-5,16-17,21,23H,6-15,18-19,34H2,(H,35,41,42). The van der Waals surface area contributed by atoms with Gasteiger partial charge in [0.25, 0.3) is 0 Å². The Labute approximate surface area is 259 Å². The van der Waals surface area contributed by atoms with Crippen LogP contribution in [0.2, 0.25) is 0 Å². The van der Waals surface area contributed by atoms with Gasteiger partial charge < -0.3 is 5.73 Å². The maximum atomic E-state index is 13.5. The molecular formula is C30H36F3N7O4S.